The number of amides is 1. The lowest BCUT2D eigenvalue weighted by molar-refractivity contribution is -0.114. The Morgan fingerprint density at radius 1 is 1.43 bits per heavy atom. The lowest BCUT2D eigenvalue weighted by Crippen LogP contribution is -2.32. The van der Waals surface area contributed by atoms with Crippen molar-refractivity contribution >= 4 is 24.2 Å². The summed E-state index contributed by atoms with van der Waals surface area (Å²) in [7, 11) is -1.51. The van der Waals surface area contributed by atoms with Crippen LogP contribution in [-0.4, -0.2) is 23.1 Å². The highest BCUT2D eigenvalue weighted by Crippen LogP contribution is 2.11. The Kier molecular flexibility index (Phi) is 3.27. The highest BCUT2D eigenvalue weighted by Gasteiger charge is 2.15. The summed E-state index contributed by atoms with van der Waals surface area (Å²) in [6.07, 6.45) is 0. The molecule has 1 rings (SSSR count). The van der Waals surface area contributed by atoms with Gasteiger partial charge in [-0.3, -0.25) is 4.79 Å². The Balaban J connectivity index is 3.07. The fourth-order valence-corrected chi connectivity index (χ4v) is 1.26. The minimum absolute atomic E-state index is 0.183. The van der Waals surface area contributed by atoms with E-state index in [2.05, 4.69) is 5.32 Å². The summed E-state index contributed by atoms with van der Waals surface area (Å²) < 4.78 is 0. The Morgan fingerprint density at radius 3 is 2.57 bits per heavy atom. The zero-order valence-electron chi connectivity index (χ0n) is 8.11. The van der Waals surface area contributed by atoms with Crippen molar-refractivity contribution in [1.29, 1.82) is 0 Å². The van der Waals surface area contributed by atoms with Crippen LogP contribution in [-0.2, 0) is 4.79 Å². The van der Waals surface area contributed by atoms with Crippen molar-refractivity contribution in [1.82, 2.24) is 0 Å². The van der Waals surface area contributed by atoms with E-state index in [-0.39, 0.29) is 5.91 Å². The van der Waals surface area contributed by atoms with Gasteiger partial charge in [0.25, 0.3) is 0 Å². The Morgan fingerprint density at radius 2 is 2.07 bits per heavy atom. The van der Waals surface area contributed by atoms with Gasteiger partial charge in [-0.25, -0.2) is 0 Å². The molecule has 3 N–H and O–H groups in total. The molecular formula is C9H12BNO3. The second kappa shape index (κ2) is 4.26. The molecule has 0 aliphatic rings. The first-order valence-electron chi connectivity index (χ1n) is 4.25. The monoisotopic (exact) mass is 193 g/mol. The largest absolute Gasteiger partial charge is 0.488 e. The SMILES string of the molecule is CC(=O)Nc1cccc(B(O)O)c1C. The molecule has 1 aromatic carbocycles. The summed E-state index contributed by atoms with van der Waals surface area (Å²) in [5.41, 5.74) is 1.66. The van der Waals surface area contributed by atoms with E-state index < -0.39 is 7.12 Å². The molecule has 14 heavy (non-hydrogen) atoms. The van der Waals surface area contributed by atoms with Crippen molar-refractivity contribution < 1.29 is 14.8 Å². The number of carbonyl (C=O) groups excluding carboxylic acids is 1. The van der Waals surface area contributed by atoms with Crippen molar-refractivity contribution in [2.45, 2.75) is 13.8 Å². The van der Waals surface area contributed by atoms with Crippen LogP contribution in [0.15, 0.2) is 18.2 Å². The summed E-state index contributed by atoms with van der Waals surface area (Å²) in [6.45, 7) is 3.13. The fraction of sp³-hybridized carbons (Fsp3) is 0.222. The predicted octanol–water partition coefficient (Wildman–Crippen LogP) is -0.367. The second-order valence-electron chi connectivity index (χ2n) is 3.07. The van der Waals surface area contributed by atoms with Crippen LogP contribution in [0.5, 0.6) is 0 Å². The molecule has 0 heterocycles. The molecule has 0 spiro atoms. The fourth-order valence-electron chi connectivity index (χ4n) is 1.26. The Labute approximate surface area is 82.7 Å². The first-order valence-corrected chi connectivity index (χ1v) is 4.25. The van der Waals surface area contributed by atoms with Gasteiger partial charge < -0.3 is 15.4 Å². The van der Waals surface area contributed by atoms with Gasteiger partial charge in [-0.2, -0.15) is 0 Å². The quantitative estimate of drug-likeness (QED) is 0.561. The molecule has 0 unspecified atom stereocenters. The second-order valence-corrected chi connectivity index (χ2v) is 3.07. The van der Waals surface area contributed by atoms with E-state index in [4.69, 9.17) is 10.0 Å². The van der Waals surface area contributed by atoms with Crippen molar-refractivity contribution in [3.05, 3.63) is 23.8 Å². The molecule has 0 atom stereocenters. The number of hydrogen-bond acceptors (Lipinski definition) is 3. The third-order valence-corrected chi connectivity index (χ3v) is 1.96. The molecule has 0 aromatic heterocycles. The standard InChI is InChI=1S/C9H12BNO3/c1-6-8(10(13)14)4-3-5-9(6)11-7(2)12/h3-5,13-14H,1-2H3,(H,11,12). The van der Waals surface area contributed by atoms with Crippen LogP contribution in [0.1, 0.15) is 12.5 Å². The molecule has 0 saturated carbocycles. The van der Waals surface area contributed by atoms with Crippen LogP contribution in [0.4, 0.5) is 5.69 Å². The average Bonchev–Trinajstić information content (AvgIpc) is 2.07. The van der Waals surface area contributed by atoms with Gasteiger partial charge in [-0.15, -0.1) is 0 Å². The van der Waals surface area contributed by atoms with E-state index in [0.29, 0.717) is 16.7 Å². The van der Waals surface area contributed by atoms with Gasteiger partial charge >= 0.3 is 7.12 Å². The molecule has 4 nitrogen and oxygen atoms in total. The third-order valence-electron chi connectivity index (χ3n) is 1.96. The van der Waals surface area contributed by atoms with Crippen LogP contribution in [0.25, 0.3) is 0 Å². The van der Waals surface area contributed by atoms with Gasteiger partial charge in [0.05, 0.1) is 0 Å². The van der Waals surface area contributed by atoms with Gasteiger partial charge in [0.15, 0.2) is 0 Å². The van der Waals surface area contributed by atoms with Crippen molar-refractivity contribution in [2.75, 3.05) is 5.32 Å². The topological polar surface area (TPSA) is 69.6 Å². The maximum Gasteiger partial charge on any atom is 0.488 e. The van der Waals surface area contributed by atoms with Crippen LogP contribution in [0.2, 0.25) is 0 Å². The van der Waals surface area contributed by atoms with Crippen LogP contribution in [0, 0.1) is 6.92 Å². The van der Waals surface area contributed by atoms with E-state index in [9.17, 15) is 4.79 Å². The number of nitrogens with one attached hydrogen (secondary N) is 1. The summed E-state index contributed by atoms with van der Waals surface area (Å²) >= 11 is 0. The van der Waals surface area contributed by atoms with E-state index >= 15 is 0 Å². The minimum Gasteiger partial charge on any atom is -0.423 e. The molecule has 0 aliphatic carbocycles. The molecular weight excluding hydrogens is 181 g/mol. The average molecular weight is 193 g/mol. The van der Waals surface area contributed by atoms with Gasteiger partial charge in [-0.05, 0) is 24.0 Å². The normalized spacial score (nSPS) is 9.71. The predicted molar refractivity (Wildman–Crippen MR) is 55.3 cm³/mol. The van der Waals surface area contributed by atoms with E-state index in [1.54, 1.807) is 25.1 Å². The van der Waals surface area contributed by atoms with Gasteiger partial charge in [0.2, 0.25) is 5.91 Å². The number of hydrogen-bond donors (Lipinski definition) is 3. The number of benzene rings is 1. The van der Waals surface area contributed by atoms with Crippen LogP contribution >= 0.6 is 0 Å². The summed E-state index contributed by atoms with van der Waals surface area (Å²) in [5.74, 6) is -0.183. The van der Waals surface area contributed by atoms with E-state index in [0.717, 1.165) is 0 Å². The smallest absolute Gasteiger partial charge is 0.423 e. The number of anilines is 1. The zero-order chi connectivity index (χ0) is 10.7. The maximum absolute atomic E-state index is 10.8. The van der Waals surface area contributed by atoms with Gasteiger partial charge in [-0.1, -0.05) is 12.1 Å². The molecule has 1 amide bonds. The molecule has 0 bridgehead atoms. The molecule has 0 saturated heterocycles. The van der Waals surface area contributed by atoms with E-state index in [1.165, 1.54) is 6.92 Å². The van der Waals surface area contributed by atoms with E-state index in [1.807, 2.05) is 0 Å². The van der Waals surface area contributed by atoms with Crippen molar-refractivity contribution in [3.8, 4) is 0 Å². The first-order chi connectivity index (χ1) is 6.52. The maximum atomic E-state index is 10.8. The lowest BCUT2D eigenvalue weighted by atomic mass is 9.77. The Hall–Kier alpha value is -1.33. The lowest BCUT2D eigenvalue weighted by Gasteiger charge is -2.10. The molecule has 0 radical (unpaired) electrons. The summed E-state index contributed by atoms with van der Waals surface area (Å²) in [4.78, 5) is 10.8. The van der Waals surface area contributed by atoms with Crippen molar-refractivity contribution in [2.24, 2.45) is 0 Å². The molecule has 1 aromatic rings. The molecule has 0 aliphatic heterocycles. The zero-order valence-corrected chi connectivity index (χ0v) is 8.11. The minimum atomic E-state index is -1.51. The molecule has 0 fully saturated rings. The highest BCUT2D eigenvalue weighted by atomic mass is 16.4. The Bertz CT molecular complexity index is 352. The molecule has 74 valence electrons. The summed E-state index contributed by atoms with van der Waals surface area (Å²) in [5, 5.41) is 20.6. The summed E-state index contributed by atoms with van der Waals surface area (Å²) in [6, 6.07) is 4.97. The van der Waals surface area contributed by atoms with Crippen LogP contribution in [0.3, 0.4) is 0 Å². The van der Waals surface area contributed by atoms with Crippen LogP contribution < -0.4 is 10.8 Å². The van der Waals surface area contributed by atoms with Gasteiger partial charge in [0.1, 0.15) is 0 Å². The van der Waals surface area contributed by atoms with Gasteiger partial charge in [0, 0.05) is 12.6 Å². The molecule has 5 heteroatoms. The third kappa shape index (κ3) is 2.34. The highest BCUT2D eigenvalue weighted by molar-refractivity contribution is 6.59. The number of rotatable bonds is 2. The number of carbonyl (C=O) groups is 1. The first kappa shape index (κ1) is 10.8. The van der Waals surface area contributed by atoms with Crippen molar-refractivity contribution in [3.63, 3.8) is 0 Å².